The molecule has 116 valence electrons. The summed E-state index contributed by atoms with van der Waals surface area (Å²) in [6.45, 7) is 7.87. The SMILES string of the molecule is CCCNC(C#N)(CC)CCCOc1cccc(CC)c1. The minimum absolute atomic E-state index is 0.398. The van der Waals surface area contributed by atoms with E-state index in [2.05, 4.69) is 44.3 Å². The van der Waals surface area contributed by atoms with Gasteiger partial charge >= 0.3 is 0 Å². The molecule has 1 aromatic carbocycles. The Hall–Kier alpha value is -1.53. The second-order valence-electron chi connectivity index (χ2n) is 5.43. The number of benzene rings is 1. The van der Waals surface area contributed by atoms with E-state index in [-0.39, 0.29) is 0 Å². The van der Waals surface area contributed by atoms with Crippen LogP contribution in [0.3, 0.4) is 0 Å². The number of hydrogen-bond acceptors (Lipinski definition) is 3. The van der Waals surface area contributed by atoms with E-state index in [4.69, 9.17) is 4.74 Å². The van der Waals surface area contributed by atoms with Crippen molar-refractivity contribution in [2.24, 2.45) is 0 Å². The normalized spacial score (nSPS) is 13.4. The number of aryl methyl sites for hydroxylation is 1. The summed E-state index contributed by atoms with van der Waals surface area (Å²) in [6.07, 6.45) is 4.60. The molecule has 0 aliphatic heterocycles. The Morgan fingerprint density at radius 3 is 2.71 bits per heavy atom. The van der Waals surface area contributed by atoms with E-state index in [9.17, 15) is 5.26 Å². The third-order valence-corrected chi connectivity index (χ3v) is 3.85. The fourth-order valence-corrected chi connectivity index (χ4v) is 2.35. The number of ether oxygens (including phenoxy) is 1. The molecule has 0 aromatic heterocycles. The standard InChI is InChI=1S/C18H28N2O/c1-4-12-20-18(6-3,15-19)11-8-13-21-17-10-7-9-16(5-2)14-17/h7,9-10,14,20H,4-6,8,11-13H2,1-3H3. The van der Waals surface area contributed by atoms with Gasteiger partial charge < -0.3 is 4.74 Å². The van der Waals surface area contributed by atoms with Crippen LogP contribution < -0.4 is 10.1 Å². The molecule has 21 heavy (non-hydrogen) atoms. The van der Waals surface area contributed by atoms with Gasteiger partial charge in [-0.3, -0.25) is 5.32 Å². The highest BCUT2D eigenvalue weighted by Crippen LogP contribution is 2.18. The molecule has 0 saturated heterocycles. The van der Waals surface area contributed by atoms with Crippen LogP contribution >= 0.6 is 0 Å². The molecule has 1 N–H and O–H groups in total. The van der Waals surface area contributed by atoms with Crippen LogP contribution in [-0.4, -0.2) is 18.7 Å². The topological polar surface area (TPSA) is 45.0 Å². The smallest absolute Gasteiger partial charge is 0.119 e. The van der Waals surface area contributed by atoms with Gasteiger partial charge in [0.25, 0.3) is 0 Å². The van der Waals surface area contributed by atoms with E-state index in [1.807, 2.05) is 12.1 Å². The zero-order chi connectivity index (χ0) is 15.6. The molecule has 3 heteroatoms. The first-order valence-corrected chi connectivity index (χ1v) is 8.07. The van der Waals surface area contributed by atoms with E-state index in [0.29, 0.717) is 6.61 Å². The monoisotopic (exact) mass is 288 g/mol. The second kappa shape index (κ2) is 9.41. The molecule has 3 nitrogen and oxygen atoms in total. The van der Waals surface area contributed by atoms with Crippen LogP contribution in [0, 0.1) is 11.3 Å². The van der Waals surface area contributed by atoms with Crippen LogP contribution in [0.15, 0.2) is 24.3 Å². The minimum Gasteiger partial charge on any atom is -0.494 e. The van der Waals surface area contributed by atoms with Gasteiger partial charge in [0, 0.05) is 0 Å². The Morgan fingerprint density at radius 1 is 1.29 bits per heavy atom. The molecule has 1 atom stereocenters. The Bertz CT molecular complexity index is 453. The van der Waals surface area contributed by atoms with Gasteiger partial charge in [0.1, 0.15) is 11.3 Å². The molecular weight excluding hydrogens is 260 g/mol. The molecule has 0 aliphatic rings. The van der Waals surface area contributed by atoms with Crippen LogP contribution in [0.5, 0.6) is 5.75 Å². The number of rotatable bonds is 10. The first-order chi connectivity index (χ1) is 10.2. The average molecular weight is 288 g/mol. The summed E-state index contributed by atoms with van der Waals surface area (Å²) in [7, 11) is 0. The number of hydrogen-bond donors (Lipinski definition) is 1. The highest BCUT2D eigenvalue weighted by Gasteiger charge is 2.26. The van der Waals surface area contributed by atoms with E-state index >= 15 is 0 Å². The lowest BCUT2D eigenvalue weighted by Gasteiger charge is -2.26. The number of nitriles is 1. The quantitative estimate of drug-likeness (QED) is 0.660. The lowest BCUT2D eigenvalue weighted by molar-refractivity contribution is 0.276. The van der Waals surface area contributed by atoms with Crippen LogP contribution in [0.4, 0.5) is 0 Å². The zero-order valence-corrected chi connectivity index (χ0v) is 13.6. The van der Waals surface area contributed by atoms with Crippen molar-refractivity contribution in [2.45, 2.75) is 58.4 Å². The van der Waals surface area contributed by atoms with Gasteiger partial charge in [-0.25, -0.2) is 0 Å². The predicted molar refractivity (Wildman–Crippen MR) is 87.5 cm³/mol. The summed E-state index contributed by atoms with van der Waals surface area (Å²) < 4.78 is 5.80. The largest absolute Gasteiger partial charge is 0.494 e. The first-order valence-electron chi connectivity index (χ1n) is 8.07. The number of nitrogens with one attached hydrogen (secondary N) is 1. The molecule has 1 unspecified atom stereocenters. The fourth-order valence-electron chi connectivity index (χ4n) is 2.35. The van der Waals surface area contributed by atoms with Gasteiger partial charge in [0.05, 0.1) is 12.7 Å². The lowest BCUT2D eigenvalue weighted by Crippen LogP contribution is -2.44. The van der Waals surface area contributed by atoms with Crippen molar-refractivity contribution in [1.82, 2.24) is 5.32 Å². The third kappa shape index (κ3) is 5.77. The molecule has 0 bridgehead atoms. The van der Waals surface area contributed by atoms with Gasteiger partial charge in [-0.05, 0) is 56.3 Å². The van der Waals surface area contributed by atoms with Crippen molar-refractivity contribution in [3.8, 4) is 11.8 Å². The van der Waals surface area contributed by atoms with Gasteiger partial charge in [0.2, 0.25) is 0 Å². The Morgan fingerprint density at radius 2 is 2.10 bits per heavy atom. The van der Waals surface area contributed by atoms with E-state index in [1.165, 1.54) is 5.56 Å². The molecule has 0 spiro atoms. The molecule has 1 rings (SSSR count). The van der Waals surface area contributed by atoms with Crippen LogP contribution in [0.2, 0.25) is 0 Å². The number of nitrogens with zero attached hydrogens (tertiary/aromatic N) is 1. The summed E-state index contributed by atoms with van der Waals surface area (Å²) in [6, 6.07) is 10.7. The molecule has 0 aliphatic carbocycles. The van der Waals surface area contributed by atoms with E-state index < -0.39 is 5.54 Å². The summed E-state index contributed by atoms with van der Waals surface area (Å²) in [5.74, 6) is 0.926. The highest BCUT2D eigenvalue weighted by molar-refractivity contribution is 5.28. The Balaban J connectivity index is 2.42. The van der Waals surface area contributed by atoms with Crippen molar-refractivity contribution >= 4 is 0 Å². The second-order valence-corrected chi connectivity index (χ2v) is 5.43. The van der Waals surface area contributed by atoms with Gasteiger partial charge in [-0.2, -0.15) is 5.26 Å². The van der Waals surface area contributed by atoms with Crippen molar-refractivity contribution in [2.75, 3.05) is 13.2 Å². The lowest BCUT2D eigenvalue weighted by atomic mass is 9.92. The van der Waals surface area contributed by atoms with Crippen LogP contribution in [0.1, 0.15) is 52.0 Å². The van der Waals surface area contributed by atoms with Crippen molar-refractivity contribution in [1.29, 1.82) is 5.26 Å². The first kappa shape index (κ1) is 17.5. The molecule has 1 aromatic rings. The van der Waals surface area contributed by atoms with Gasteiger partial charge in [-0.15, -0.1) is 0 Å². The van der Waals surface area contributed by atoms with Crippen LogP contribution in [-0.2, 0) is 6.42 Å². The summed E-state index contributed by atoms with van der Waals surface area (Å²) in [5, 5.41) is 12.8. The summed E-state index contributed by atoms with van der Waals surface area (Å²) >= 11 is 0. The Kier molecular flexibility index (Phi) is 7.85. The molecule has 0 amide bonds. The van der Waals surface area contributed by atoms with E-state index in [0.717, 1.165) is 44.4 Å². The summed E-state index contributed by atoms with van der Waals surface area (Å²) in [5.41, 5.74) is 0.891. The molecule has 0 fully saturated rings. The van der Waals surface area contributed by atoms with Crippen molar-refractivity contribution < 1.29 is 4.74 Å². The highest BCUT2D eigenvalue weighted by atomic mass is 16.5. The van der Waals surface area contributed by atoms with Gasteiger partial charge in [-0.1, -0.05) is 32.9 Å². The molecule has 0 saturated carbocycles. The fraction of sp³-hybridized carbons (Fsp3) is 0.611. The predicted octanol–water partition coefficient (Wildman–Crippen LogP) is 4.08. The zero-order valence-electron chi connectivity index (χ0n) is 13.6. The molecule has 0 heterocycles. The van der Waals surface area contributed by atoms with Gasteiger partial charge in [0.15, 0.2) is 0 Å². The summed E-state index contributed by atoms with van der Waals surface area (Å²) in [4.78, 5) is 0. The molecule has 0 radical (unpaired) electrons. The Labute approximate surface area is 129 Å². The van der Waals surface area contributed by atoms with Crippen LogP contribution in [0.25, 0.3) is 0 Å². The average Bonchev–Trinajstić information content (AvgIpc) is 2.55. The minimum atomic E-state index is -0.398. The maximum absolute atomic E-state index is 9.43. The molecular formula is C18H28N2O. The maximum atomic E-state index is 9.43. The maximum Gasteiger partial charge on any atom is 0.119 e. The third-order valence-electron chi connectivity index (χ3n) is 3.85. The van der Waals surface area contributed by atoms with E-state index in [1.54, 1.807) is 0 Å². The van der Waals surface area contributed by atoms with Crippen molar-refractivity contribution in [3.05, 3.63) is 29.8 Å². The van der Waals surface area contributed by atoms with Crippen molar-refractivity contribution in [3.63, 3.8) is 0 Å².